The van der Waals surface area contributed by atoms with Crippen LogP contribution in [0.5, 0.6) is 0 Å². The number of fused-ring (bicyclic) bond motifs is 1. The average molecular weight is 419 g/mol. The Morgan fingerprint density at radius 3 is 2.55 bits per heavy atom. The Kier molecular flexibility index (Phi) is 6.25. The molecular weight excluding hydrogens is 393 g/mol. The van der Waals surface area contributed by atoms with Crippen LogP contribution in [0.25, 0.3) is 28.1 Å². The summed E-state index contributed by atoms with van der Waals surface area (Å²) in [6.45, 7) is 1.42. The highest BCUT2D eigenvalue weighted by molar-refractivity contribution is 5.99. The lowest BCUT2D eigenvalue weighted by atomic mass is 9.92. The summed E-state index contributed by atoms with van der Waals surface area (Å²) in [4.78, 5) is 16.1. The number of hydrogen-bond donors (Lipinski definition) is 2. The zero-order valence-corrected chi connectivity index (χ0v) is 17.5. The molecule has 2 N–H and O–H groups in total. The number of hydrogen-bond acceptors (Lipinski definition) is 4. The van der Waals surface area contributed by atoms with Crippen molar-refractivity contribution in [2.75, 3.05) is 0 Å². The van der Waals surface area contributed by atoms with Crippen LogP contribution in [-0.4, -0.2) is 33.2 Å². The first-order valence-electron chi connectivity index (χ1n) is 10.6. The maximum Gasteiger partial charge on any atom is 0.132 e. The van der Waals surface area contributed by atoms with Crippen LogP contribution in [0.4, 0.5) is 4.39 Å². The maximum absolute atomic E-state index is 13.6. The highest BCUT2D eigenvalue weighted by atomic mass is 19.1. The molecule has 4 nitrogen and oxygen atoms in total. The van der Waals surface area contributed by atoms with E-state index < -0.39 is 12.2 Å². The molecule has 31 heavy (non-hydrogen) atoms. The van der Waals surface area contributed by atoms with Crippen LogP contribution in [0, 0.1) is 5.82 Å². The van der Waals surface area contributed by atoms with Gasteiger partial charge in [-0.15, -0.1) is 0 Å². The van der Waals surface area contributed by atoms with E-state index in [9.17, 15) is 19.4 Å². The van der Waals surface area contributed by atoms with Crippen LogP contribution in [-0.2, 0) is 4.79 Å². The number of aliphatic hydroxyl groups is 2. The van der Waals surface area contributed by atoms with E-state index in [-0.39, 0.29) is 24.4 Å². The number of aliphatic hydroxyl groups excluding tert-OH is 2. The molecule has 0 amide bonds. The number of benzene rings is 2. The van der Waals surface area contributed by atoms with E-state index in [4.69, 9.17) is 4.98 Å². The zero-order chi connectivity index (χ0) is 22.0. The first kappa shape index (κ1) is 21.3. The van der Waals surface area contributed by atoms with Crippen molar-refractivity contribution in [2.45, 2.75) is 50.7 Å². The summed E-state index contributed by atoms with van der Waals surface area (Å²) in [6, 6.07) is 14.3. The number of nitrogens with zero attached hydrogens (tertiary/aromatic N) is 1. The molecule has 1 heterocycles. The van der Waals surface area contributed by atoms with Gasteiger partial charge in [0.1, 0.15) is 11.6 Å². The molecule has 1 aliphatic rings. The SMILES string of the molecule is CC(=O)C[C@@H](O)C[C@@H](O)/C=C/c1c(C2CC2)nc2ccccc2c1-c1ccc(F)cc1. The van der Waals surface area contributed by atoms with Crippen molar-refractivity contribution in [2.24, 2.45) is 0 Å². The quantitative estimate of drug-likeness (QED) is 0.538. The number of aromatic nitrogens is 1. The minimum atomic E-state index is -0.894. The number of carbonyl (C=O) groups is 1. The maximum atomic E-state index is 13.6. The van der Waals surface area contributed by atoms with Gasteiger partial charge in [0.25, 0.3) is 0 Å². The standard InChI is InChI=1S/C26H26FNO3/c1-16(29)14-21(31)15-20(30)12-13-23-25(17-8-10-19(27)11-9-17)22-4-2-3-5-24(22)28-26(23)18-6-7-18/h2-5,8-13,18,20-21,30-31H,6-7,14-15H2,1H3/b13-12+/t20-,21+/m0/s1. The lowest BCUT2D eigenvalue weighted by Gasteiger charge is -2.16. The third kappa shape index (κ3) is 5.06. The fraction of sp³-hybridized carbons (Fsp3) is 0.308. The Hall–Kier alpha value is -2.89. The molecule has 2 atom stereocenters. The van der Waals surface area contributed by atoms with E-state index in [1.807, 2.05) is 30.3 Å². The number of rotatable bonds is 8. The Balaban J connectivity index is 1.79. The smallest absolute Gasteiger partial charge is 0.132 e. The van der Waals surface area contributed by atoms with Gasteiger partial charge in [-0.25, -0.2) is 4.39 Å². The summed E-state index contributed by atoms with van der Waals surface area (Å²) in [5, 5.41) is 21.4. The minimum absolute atomic E-state index is 0.0244. The van der Waals surface area contributed by atoms with Crippen molar-refractivity contribution < 1.29 is 19.4 Å². The molecule has 0 aliphatic heterocycles. The number of Topliss-reactive ketones (excluding diaryl/α,β-unsaturated/α-hetero) is 1. The van der Waals surface area contributed by atoms with E-state index in [2.05, 4.69) is 0 Å². The van der Waals surface area contributed by atoms with Gasteiger partial charge in [-0.1, -0.05) is 42.5 Å². The second kappa shape index (κ2) is 9.08. The van der Waals surface area contributed by atoms with E-state index in [0.29, 0.717) is 5.92 Å². The molecule has 160 valence electrons. The van der Waals surface area contributed by atoms with Gasteiger partial charge in [0, 0.05) is 35.3 Å². The molecule has 1 fully saturated rings. The Bertz CT molecular complexity index is 1120. The van der Waals surface area contributed by atoms with E-state index in [1.54, 1.807) is 18.2 Å². The second-order valence-corrected chi connectivity index (χ2v) is 8.31. The summed E-state index contributed by atoms with van der Waals surface area (Å²) >= 11 is 0. The minimum Gasteiger partial charge on any atom is -0.393 e. The van der Waals surface area contributed by atoms with Crippen molar-refractivity contribution in [1.29, 1.82) is 0 Å². The monoisotopic (exact) mass is 419 g/mol. The van der Waals surface area contributed by atoms with Gasteiger partial charge in [-0.2, -0.15) is 0 Å². The normalized spacial score (nSPS) is 16.0. The van der Waals surface area contributed by atoms with Crippen molar-refractivity contribution in [1.82, 2.24) is 4.98 Å². The first-order chi connectivity index (χ1) is 14.9. The van der Waals surface area contributed by atoms with Crippen LogP contribution in [0.15, 0.2) is 54.6 Å². The van der Waals surface area contributed by atoms with Gasteiger partial charge in [-0.3, -0.25) is 9.78 Å². The van der Waals surface area contributed by atoms with Crippen LogP contribution in [0.3, 0.4) is 0 Å². The number of ketones is 1. The zero-order valence-electron chi connectivity index (χ0n) is 17.5. The molecule has 0 bridgehead atoms. The topological polar surface area (TPSA) is 70.4 Å². The molecule has 4 rings (SSSR count). The van der Waals surface area contributed by atoms with Gasteiger partial charge in [0.15, 0.2) is 0 Å². The molecule has 2 aromatic carbocycles. The third-order valence-corrected chi connectivity index (χ3v) is 5.58. The van der Waals surface area contributed by atoms with Crippen LogP contribution in [0.1, 0.15) is 49.8 Å². The molecule has 3 aromatic rings. The van der Waals surface area contributed by atoms with Gasteiger partial charge in [0.05, 0.1) is 23.4 Å². The fourth-order valence-corrected chi connectivity index (χ4v) is 3.99. The van der Waals surface area contributed by atoms with Gasteiger partial charge < -0.3 is 10.2 Å². The van der Waals surface area contributed by atoms with Crippen molar-refractivity contribution in [3.8, 4) is 11.1 Å². The lowest BCUT2D eigenvalue weighted by molar-refractivity contribution is -0.119. The van der Waals surface area contributed by atoms with Crippen LogP contribution >= 0.6 is 0 Å². The molecule has 1 aromatic heterocycles. The molecule has 1 aliphatic carbocycles. The molecule has 0 saturated heterocycles. The molecule has 0 radical (unpaired) electrons. The summed E-state index contributed by atoms with van der Waals surface area (Å²) in [5.74, 6) is -0.0440. The largest absolute Gasteiger partial charge is 0.393 e. The Labute approximate surface area is 181 Å². The highest BCUT2D eigenvalue weighted by Crippen LogP contribution is 2.45. The van der Waals surface area contributed by atoms with E-state index >= 15 is 0 Å². The van der Waals surface area contributed by atoms with E-state index in [0.717, 1.165) is 46.1 Å². The van der Waals surface area contributed by atoms with Crippen molar-refractivity contribution in [3.63, 3.8) is 0 Å². The summed E-state index contributed by atoms with van der Waals surface area (Å²) < 4.78 is 13.6. The van der Waals surface area contributed by atoms with Crippen molar-refractivity contribution >= 4 is 22.8 Å². The number of pyridine rings is 1. The molecule has 0 unspecified atom stereocenters. The second-order valence-electron chi connectivity index (χ2n) is 8.31. The number of halogens is 1. The van der Waals surface area contributed by atoms with Crippen molar-refractivity contribution in [3.05, 3.63) is 71.7 Å². The summed E-state index contributed by atoms with van der Waals surface area (Å²) in [5.41, 5.74) is 4.62. The van der Waals surface area contributed by atoms with Gasteiger partial charge in [-0.05, 0) is 43.5 Å². The summed E-state index contributed by atoms with van der Waals surface area (Å²) in [7, 11) is 0. The average Bonchev–Trinajstić information content (AvgIpc) is 3.56. The lowest BCUT2D eigenvalue weighted by Crippen LogP contribution is -2.18. The third-order valence-electron chi connectivity index (χ3n) is 5.58. The Morgan fingerprint density at radius 1 is 1.16 bits per heavy atom. The molecule has 5 heteroatoms. The van der Waals surface area contributed by atoms with E-state index in [1.165, 1.54) is 19.1 Å². The summed E-state index contributed by atoms with van der Waals surface area (Å²) in [6.07, 6.45) is 3.97. The van der Waals surface area contributed by atoms with Gasteiger partial charge >= 0.3 is 0 Å². The van der Waals surface area contributed by atoms with Crippen LogP contribution in [0.2, 0.25) is 0 Å². The predicted molar refractivity (Wildman–Crippen MR) is 120 cm³/mol. The van der Waals surface area contributed by atoms with Gasteiger partial charge in [0.2, 0.25) is 0 Å². The molecular formula is C26H26FNO3. The number of carbonyl (C=O) groups excluding carboxylic acids is 1. The number of para-hydroxylation sites is 1. The predicted octanol–water partition coefficient (Wildman–Crippen LogP) is 5.02. The first-order valence-corrected chi connectivity index (χ1v) is 10.6. The fourth-order valence-electron chi connectivity index (χ4n) is 3.99. The molecule has 0 spiro atoms. The highest BCUT2D eigenvalue weighted by Gasteiger charge is 2.29. The van der Waals surface area contributed by atoms with Crippen LogP contribution < -0.4 is 0 Å². The molecule has 1 saturated carbocycles. The Morgan fingerprint density at radius 2 is 1.87 bits per heavy atom.